The first kappa shape index (κ1) is 13.3. The first-order chi connectivity index (χ1) is 8.97. The van der Waals surface area contributed by atoms with E-state index in [0.29, 0.717) is 0 Å². The Morgan fingerprint density at radius 1 is 1.05 bits per heavy atom. The summed E-state index contributed by atoms with van der Waals surface area (Å²) in [5.41, 5.74) is 6.72. The number of hydrogen-bond donors (Lipinski definition) is 2. The van der Waals surface area contributed by atoms with Gasteiger partial charge in [0.05, 0.1) is 6.04 Å². The maximum Gasteiger partial charge on any atom is 0.215 e. The normalized spacial score (nSPS) is 41.3. The van der Waals surface area contributed by atoms with Crippen LogP contribution in [0.5, 0.6) is 0 Å². The van der Waals surface area contributed by atoms with Crippen LogP contribution in [-0.4, -0.2) is 23.1 Å². The summed E-state index contributed by atoms with van der Waals surface area (Å²) in [6, 6.07) is -0.425. The molecule has 0 heterocycles. The number of carbonyl (C=O) groups excluding carboxylic acids is 2. The molecule has 106 valence electrons. The summed E-state index contributed by atoms with van der Waals surface area (Å²) in [4.78, 5) is 22.7. The van der Waals surface area contributed by atoms with E-state index in [0.717, 1.165) is 17.8 Å². The Hall–Kier alpha value is -0.740. The summed E-state index contributed by atoms with van der Waals surface area (Å²) in [6.45, 7) is 3.10. The first-order valence-corrected chi connectivity index (χ1v) is 7.55. The van der Waals surface area contributed by atoms with Crippen molar-refractivity contribution in [2.75, 3.05) is 0 Å². The van der Waals surface area contributed by atoms with Crippen LogP contribution in [0.3, 0.4) is 0 Å². The van der Waals surface area contributed by atoms with Gasteiger partial charge in [-0.2, -0.15) is 0 Å². The summed E-state index contributed by atoms with van der Waals surface area (Å²) in [5.74, 6) is 1.92. The van der Waals surface area contributed by atoms with Crippen LogP contribution >= 0.6 is 0 Å². The summed E-state index contributed by atoms with van der Waals surface area (Å²) in [5, 5.41) is 0. The van der Waals surface area contributed by atoms with Crippen molar-refractivity contribution >= 4 is 11.6 Å². The number of rotatable bonds is 5. The molecular weight excluding hydrogens is 240 g/mol. The van der Waals surface area contributed by atoms with Crippen LogP contribution < -0.4 is 10.9 Å². The molecule has 0 radical (unpaired) electrons. The summed E-state index contributed by atoms with van der Waals surface area (Å²) >= 11 is 0. The number of nitrogens with one attached hydrogen (secondary N) is 2. The van der Waals surface area contributed by atoms with Gasteiger partial charge in [-0.25, -0.2) is 5.43 Å². The molecule has 1 atom stereocenters. The van der Waals surface area contributed by atoms with E-state index in [1.54, 1.807) is 6.92 Å². The minimum Gasteiger partial charge on any atom is -0.291 e. The highest BCUT2D eigenvalue weighted by Crippen LogP contribution is 2.55. The SMILES string of the molecule is CC(=O)C(=O)[C@@H](C)NNC12CC3CC(CC(C3)C1)C2. The van der Waals surface area contributed by atoms with E-state index >= 15 is 0 Å². The third kappa shape index (κ3) is 2.48. The Morgan fingerprint density at radius 3 is 1.95 bits per heavy atom. The molecule has 0 aliphatic heterocycles. The van der Waals surface area contributed by atoms with Crippen molar-refractivity contribution in [1.82, 2.24) is 10.9 Å². The molecule has 4 bridgehead atoms. The lowest BCUT2D eigenvalue weighted by Crippen LogP contribution is -2.64. The van der Waals surface area contributed by atoms with Crippen LogP contribution in [0.15, 0.2) is 0 Å². The third-order valence-corrected chi connectivity index (χ3v) is 5.33. The Labute approximate surface area is 114 Å². The molecule has 2 N–H and O–H groups in total. The van der Waals surface area contributed by atoms with E-state index in [1.165, 1.54) is 45.4 Å². The maximum absolute atomic E-state index is 11.6. The molecule has 4 nitrogen and oxygen atoms in total. The number of hydrogen-bond acceptors (Lipinski definition) is 4. The molecule has 19 heavy (non-hydrogen) atoms. The fourth-order valence-corrected chi connectivity index (χ4v) is 4.90. The van der Waals surface area contributed by atoms with Crippen molar-refractivity contribution in [3.05, 3.63) is 0 Å². The van der Waals surface area contributed by atoms with Crippen LogP contribution in [0.25, 0.3) is 0 Å². The first-order valence-electron chi connectivity index (χ1n) is 7.55. The van der Waals surface area contributed by atoms with Crippen LogP contribution in [0, 0.1) is 17.8 Å². The van der Waals surface area contributed by atoms with Crippen molar-refractivity contribution in [3.63, 3.8) is 0 Å². The predicted molar refractivity (Wildman–Crippen MR) is 72.3 cm³/mol. The fourth-order valence-electron chi connectivity index (χ4n) is 4.90. The highest BCUT2D eigenvalue weighted by molar-refractivity contribution is 6.38. The van der Waals surface area contributed by atoms with Gasteiger partial charge in [0.1, 0.15) is 0 Å². The Balaban J connectivity index is 1.61. The molecule has 0 amide bonds. The minimum atomic E-state index is -0.425. The van der Waals surface area contributed by atoms with Gasteiger partial charge in [0, 0.05) is 12.5 Å². The Bertz CT molecular complexity index is 370. The van der Waals surface area contributed by atoms with Crippen molar-refractivity contribution in [2.45, 2.75) is 64.0 Å². The molecule has 0 unspecified atom stereocenters. The molecule has 4 rings (SSSR count). The van der Waals surface area contributed by atoms with Crippen LogP contribution in [-0.2, 0) is 9.59 Å². The lowest BCUT2D eigenvalue weighted by molar-refractivity contribution is -0.136. The van der Waals surface area contributed by atoms with Crippen molar-refractivity contribution in [2.24, 2.45) is 17.8 Å². The molecule has 4 saturated carbocycles. The highest BCUT2D eigenvalue weighted by Gasteiger charge is 2.50. The smallest absolute Gasteiger partial charge is 0.215 e. The van der Waals surface area contributed by atoms with Crippen molar-refractivity contribution in [1.29, 1.82) is 0 Å². The van der Waals surface area contributed by atoms with Gasteiger partial charge in [0.25, 0.3) is 0 Å². The topological polar surface area (TPSA) is 58.2 Å². The molecule has 0 saturated heterocycles. The van der Waals surface area contributed by atoms with Gasteiger partial charge in [0.15, 0.2) is 5.78 Å². The molecule has 4 fully saturated rings. The van der Waals surface area contributed by atoms with E-state index in [1.807, 2.05) is 0 Å². The van der Waals surface area contributed by atoms with E-state index in [4.69, 9.17) is 0 Å². The largest absolute Gasteiger partial charge is 0.291 e. The van der Waals surface area contributed by atoms with Gasteiger partial charge in [-0.05, 0) is 63.2 Å². The van der Waals surface area contributed by atoms with E-state index in [9.17, 15) is 9.59 Å². The van der Waals surface area contributed by atoms with Gasteiger partial charge in [-0.15, -0.1) is 0 Å². The number of carbonyl (C=O) groups is 2. The molecule has 4 aliphatic rings. The Morgan fingerprint density at radius 2 is 1.53 bits per heavy atom. The van der Waals surface area contributed by atoms with Crippen molar-refractivity contribution in [3.8, 4) is 0 Å². The minimum absolute atomic E-state index is 0.181. The molecule has 0 aromatic rings. The standard InChI is InChI=1S/C15H24N2O2/c1-9(14(19)10(2)18)16-17-15-6-11-3-12(7-15)5-13(4-11)8-15/h9,11-13,16-17H,3-8H2,1-2H3/t9-,11?,12?,13?,15?/m1/s1. The molecular formula is C15H24N2O2. The van der Waals surface area contributed by atoms with Gasteiger partial charge in [-0.1, -0.05) is 0 Å². The second kappa shape index (κ2) is 4.67. The maximum atomic E-state index is 11.6. The van der Waals surface area contributed by atoms with Crippen LogP contribution in [0.4, 0.5) is 0 Å². The fraction of sp³-hybridized carbons (Fsp3) is 0.867. The second-order valence-corrected chi connectivity index (χ2v) is 7.11. The average Bonchev–Trinajstić information content (AvgIpc) is 2.33. The van der Waals surface area contributed by atoms with Crippen molar-refractivity contribution < 1.29 is 9.59 Å². The quantitative estimate of drug-likeness (QED) is 0.585. The predicted octanol–water partition coefficient (Wildman–Crippen LogP) is 1.60. The molecule has 4 heteroatoms. The lowest BCUT2D eigenvalue weighted by Gasteiger charge is -2.57. The lowest BCUT2D eigenvalue weighted by atomic mass is 9.53. The monoisotopic (exact) mass is 264 g/mol. The second-order valence-electron chi connectivity index (χ2n) is 7.11. The van der Waals surface area contributed by atoms with Gasteiger partial charge < -0.3 is 0 Å². The van der Waals surface area contributed by atoms with E-state index in [2.05, 4.69) is 10.9 Å². The van der Waals surface area contributed by atoms with Gasteiger partial charge in [-0.3, -0.25) is 15.0 Å². The number of hydrazine groups is 1. The zero-order valence-corrected chi connectivity index (χ0v) is 11.9. The average molecular weight is 264 g/mol. The number of ketones is 2. The molecule has 0 aromatic carbocycles. The summed E-state index contributed by atoms with van der Waals surface area (Å²) < 4.78 is 0. The zero-order valence-electron chi connectivity index (χ0n) is 11.9. The zero-order chi connectivity index (χ0) is 13.6. The Kier molecular flexibility index (Phi) is 3.26. The van der Waals surface area contributed by atoms with Gasteiger partial charge >= 0.3 is 0 Å². The number of Topliss-reactive ketones (excluding diaryl/α,β-unsaturated/α-hetero) is 2. The summed E-state index contributed by atoms with van der Waals surface area (Å²) in [7, 11) is 0. The highest BCUT2D eigenvalue weighted by atomic mass is 16.2. The van der Waals surface area contributed by atoms with E-state index < -0.39 is 6.04 Å². The molecule has 0 aromatic heterocycles. The van der Waals surface area contributed by atoms with E-state index in [-0.39, 0.29) is 17.1 Å². The molecule has 0 spiro atoms. The van der Waals surface area contributed by atoms with Crippen LogP contribution in [0.1, 0.15) is 52.4 Å². The van der Waals surface area contributed by atoms with Crippen LogP contribution in [0.2, 0.25) is 0 Å². The van der Waals surface area contributed by atoms with Gasteiger partial charge in [0.2, 0.25) is 5.78 Å². The third-order valence-electron chi connectivity index (χ3n) is 5.33. The molecule has 4 aliphatic carbocycles. The summed E-state index contributed by atoms with van der Waals surface area (Å²) in [6.07, 6.45) is 7.90.